The molecule has 0 aliphatic carbocycles. The first kappa shape index (κ1) is 17.2. The largest absolute Gasteiger partial charge is 0.362 e. The van der Waals surface area contributed by atoms with Crippen molar-refractivity contribution >= 4 is 23.1 Å². The molecule has 1 aromatic rings. The van der Waals surface area contributed by atoms with E-state index in [1.54, 1.807) is 0 Å². The molecule has 2 unspecified atom stereocenters. The highest BCUT2D eigenvalue weighted by atomic mass is 32.1. The lowest BCUT2D eigenvalue weighted by Gasteiger charge is -2.34. The topological polar surface area (TPSA) is 40.2 Å². The molecule has 0 amide bonds. The highest BCUT2D eigenvalue weighted by molar-refractivity contribution is 7.80. The van der Waals surface area contributed by atoms with Crippen molar-refractivity contribution in [1.29, 1.82) is 0 Å². The maximum Gasteiger partial charge on any atom is 0.171 e. The number of thiocarbonyl (C=S) groups is 1. The molecule has 1 aliphatic rings. The third-order valence-electron chi connectivity index (χ3n) is 4.01. The molecule has 122 valence electrons. The van der Waals surface area contributed by atoms with Gasteiger partial charge in [-0.3, -0.25) is 0 Å². The lowest BCUT2D eigenvalue weighted by atomic mass is 9.92. The summed E-state index contributed by atoms with van der Waals surface area (Å²) < 4.78 is 0. The van der Waals surface area contributed by atoms with Crippen LogP contribution in [-0.2, 0) is 0 Å². The van der Waals surface area contributed by atoms with Crippen LogP contribution in [0.25, 0.3) is 0 Å². The van der Waals surface area contributed by atoms with Crippen molar-refractivity contribution in [2.75, 3.05) is 31.5 Å². The molecule has 0 bridgehead atoms. The van der Waals surface area contributed by atoms with Crippen molar-refractivity contribution in [3.8, 4) is 0 Å². The van der Waals surface area contributed by atoms with E-state index in [1.807, 2.05) is 25.1 Å². The van der Waals surface area contributed by atoms with Crippen LogP contribution < -0.4 is 10.6 Å². The van der Waals surface area contributed by atoms with Crippen molar-refractivity contribution in [3.05, 3.63) is 23.9 Å². The second kappa shape index (κ2) is 8.44. The Kier molecular flexibility index (Phi) is 6.58. The number of hydrogen-bond donors (Lipinski definition) is 2. The number of nitrogens with zero attached hydrogens (tertiary/aromatic N) is 2. The highest BCUT2D eigenvalue weighted by Crippen LogP contribution is 2.20. The average Bonchev–Trinajstić information content (AvgIpc) is 2.42. The lowest BCUT2D eigenvalue weighted by Crippen LogP contribution is -2.40. The maximum absolute atomic E-state index is 5.31. The van der Waals surface area contributed by atoms with Gasteiger partial charge in [0.15, 0.2) is 5.11 Å². The van der Waals surface area contributed by atoms with Crippen LogP contribution in [0.3, 0.4) is 0 Å². The minimum Gasteiger partial charge on any atom is -0.362 e. The summed E-state index contributed by atoms with van der Waals surface area (Å²) in [6.45, 7) is 11.2. The van der Waals surface area contributed by atoms with E-state index in [0.29, 0.717) is 5.11 Å². The Hall–Kier alpha value is -1.20. The second-order valence-corrected chi connectivity index (χ2v) is 7.01. The zero-order valence-electron chi connectivity index (χ0n) is 13.9. The van der Waals surface area contributed by atoms with Gasteiger partial charge in [0.1, 0.15) is 5.82 Å². The van der Waals surface area contributed by atoms with Crippen LogP contribution >= 0.6 is 12.2 Å². The molecule has 2 rings (SSSR count). The number of rotatable bonds is 5. The highest BCUT2D eigenvalue weighted by Gasteiger charge is 2.20. The summed E-state index contributed by atoms with van der Waals surface area (Å²) in [7, 11) is 0. The van der Waals surface area contributed by atoms with E-state index in [1.165, 1.54) is 19.5 Å². The number of aromatic nitrogens is 1. The molecule has 1 fully saturated rings. The molecular formula is C17H28N4S. The molecule has 0 radical (unpaired) electrons. The molecule has 5 heteroatoms. The Bertz CT molecular complexity index is 481. The molecule has 0 spiro atoms. The summed E-state index contributed by atoms with van der Waals surface area (Å²) >= 11 is 5.31. The molecule has 2 heterocycles. The van der Waals surface area contributed by atoms with Gasteiger partial charge in [-0.25, -0.2) is 4.98 Å². The third-order valence-corrected chi connectivity index (χ3v) is 4.26. The monoisotopic (exact) mass is 320 g/mol. The Balaban J connectivity index is 1.63. The van der Waals surface area contributed by atoms with Crippen molar-refractivity contribution in [2.24, 2.45) is 11.8 Å². The predicted molar refractivity (Wildman–Crippen MR) is 97.2 cm³/mol. The Morgan fingerprint density at radius 3 is 2.73 bits per heavy atom. The van der Waals surface area contributed by atoms with Gasteiger partial charge in [-0.1, -0.05) is 19.9 Å². The smallest absolute Gasteiger partial charge is 0.171 e. The number of anilines is 1. The fourth-order valence-electron chi connectivity index (χ4n) is 3.25. The first-order valence-electron chi connectivity index (χ1n) is 8.24. The fraction of sp³-hybridized carbons (Fsp3) is 0.647. The summed E-state index contributed by atoms with van der Waals surface area (Å²) in [4.78, 5) is 6.97. The van der Waals surface area contributed by atoms with Crippen molar-refractivity contribution in [2.45, 2.75) is 33.6 Å². The minimum atomic E-state index is 0.651. The van der Waals surface area contributed by atoms with Gasteiger partial charge in [-0.2, -0.15) is 0 Å². The van der Waals surface area contributed by atoms with Gasteiger partial charge in [-0.05, 0) is 62.5 Å². The Labute approximate surface area is 139 Å². The van der Waals surface area contributed by atoms with E-state index in [-0.39, 0.29) is 0 Å². The average molecular weight is 321 g/mol. The number of piperidine rings is 1. The normalized spacial score (nSPS) is 22.3. The van der Waals surface area contributed by atoms with Gasteiger partial charge >= 0.3 is 0 Å². The van der Waals surface area contributed by atoms with Gasteiger partial charge < -0.3 is 15.5 Å². The summed E-state index contributed by atoms with van der Waals surface area (Å²) in [5.74, 6) is 2.45. The number of pyridine rings is 1. The number of hydrogen-bond acceptors (Lipinski definition) is 3. The quantitative estimate of drug-likeness (QED) is 0.644. The van der Waals surface area contributed by atoms with Gasteiger partial charge in [0, 0.05) is 25.3 Å². The maximum atomic E-state index is 5.31. The van der Waals surface area contributed by atoms with Crippen molar-refractivity contribution < 1.29 is 0 Å². The predicted octanol–water partition coefficient (Wildman–Crippen LogP) is 3.04. The Morgan fingerprint density at radius 2 is 2.05 bits per heavy atom. The molecule has 22 heavy (non-hydrogen) atoms. The van der Waals surface area contributed by atoms with E-state index >= 15 is 0 Å². The molecule has 2 N–H and O–H groups in total. The molecule has 1 aliphatic heterocycles. The molecule has 1 aromatic heterocycles. The fourth-order valence-corrected chi connectivity index (χ4v) is 3.46. The first-order chi connectivity index (χ1) is 10.5. The number of likely N-dealkylation sites (tertiary alicyclic amines) is 1. The van der Waals surface area contributed by atoms with Crippen LogP contribution in [0.5, 0.6) is 0 Å². The summed E-state index contributed by atoms with van der Waals surface area (Å²) in [5, 5.41) is 7.05. The van der Waals surface area contributed by atoms with Gasteiger partial charge in [0.05, 0.1) is 0 Å². The second-order valence-electron chi connectivity index (χ2n) is 6.60. The molecule has 4 nitrogen and oxygen atoms in total. The van der Waals surface area contributed by atoms with E-state index < -0.39 is 0 Å². The number of aryl methyl sites for hydroxylation is 1. The van der Waals surface area contributed by atoms with E-state index in [0.717, 1.165) is 42.9 Å². The summed E-state index contributed by atoms with van der Waals surface area (Å²) in [6, 6.07) is 5.88. The van der Waals surface area contributed by atoms with Crippen LogP contribution in [0.4, 0.5) is 5.82 Å². The Morgan fingerprint density at radius 1 is 1.32 bits per heavy atom. The first-order valence-corrected chi connectivity index (χ1v) is 8.64. The van der Waals surface area contributed by atoms with Crippen LogP contribution in [-0.4, -0.2) is 41.2 Å². The van der Waals surface area contributed by atoms with Crippen LogP contribution in [0.15, 0.2) is 18.2 Å². The van der Waals surface area contributed by atoms with E-state index in [2.05, 4.69) is 34.4 Å². The number of nitrogens with one attached hydrogen (secondary N) is 2. The molecule has 0 aromatic carbocycles. The zero-order valence-corrected chi connectivity index (χ0v) is 14.7. The lowest BCUT2D eigenvalue weighted by molar-refractivity contribution is 0.140. The van der Waals surface area contributed by atoms with Gasteiger partial charge in [0.25, 0.3) is 0 Å². The molecule has 1 saturated heterocycles. The summed E-state index contributed by atoms with van der Waals surface area (Å²) in [5.41, 5.74) is 0.987. The molecular weight excluding hydrogens is 292 g/mol. The van der Waals surface area contributed by atoms with Crippen LogP contribution in [0.2, 0.25) is 0 Å². The van der Waals surface area contributed by atoms with Crippen molar-refractivity contribution in [3.63, 3.8) is 0 Å². The standard InChI is InChI=1S/C17H28N4S/c1-13-10-14(2)12-21(11-13)9-5-8-18-17(22)20-16-7-4-6-15(3)19-16/h4,6-7,13-14H,5,8-12H2,1-3H3,(H2,18,19,20,22). The van der Waals surface area contributed by atoms with Gasteiger partial charge in [0.2, 0.25) is 0 Å². The minimum absolute atomic E-state index is 0.651. The summed E-state index contributed by atoms with van der Waals surface area (Å²) in [6.07, 6.45) is 2.48. The van der Waals surface area contributed by atoms with Crippen LogP contribution in [0, 0.1) is 18.8 Å². The van der Waals surface area contributed by atoms with Crippen LogP contribution in [0.1, 0.15) is 32.4 Å². The van der Waals surface area contributed by atoms with E-state index in [9.17, 15) is 0 Å². The van der Waals surface area contributed by atoms with Gasteiger partial charge in [-0.15, -0.1) is 0 Å². The zero-order chi connectivity index (χ0) is 15.9. The van der Waals surface area contributed by atoms with E-state index in [4.69, 9.17) is 12.2 Å². The SMILES string of the molecule is Cc1cccc(NC(=S)NCCCN2CC(C)CC(C)C2)n1. The molecule has 2 atom stereocenters. The van der Waals surface area contributed by atoms with Crippen molar-refractivity contribution in [1.82, 2.24) is 15.2 Å². The third kappa shape index (κ3) is 5.89. The molecule has 0 saturated carbocycles.